The smallest absolute Gasteiger partial charge is 0.256 e. The summed E-state index contributed by atoms with van der Waals surface area (Å²) < 4.78 is 0. The lowest BCUT2D eigenvalue weighted by Crippen LogP contribution is -2.38. The molecule has 24 heavy (non-hydrogen) atoms. The van der Waals surface area contributed by atoms with Crippen molar-refractivity contribution in [1.82, 2.24) is 24.8 Å². The predicted octanol–water partition coefficient (Wildman–Crippen LogP) is 2.03. The van der Waals surface area contributed by atoms with Gasteiger partial charge in [-0.15, -0.1) is 0 Å². The van der Waals surface area contributed by atoms with Crippen LogP contribution in [0.2, 0.25) is 0 Å². The van der Waals surface area contributed by atoms with Crippen LogP contribution in [-0.2, 0) is 0 Å². The first-order valence-corrected chi connectivity index (χ1v) is 8.32. The van der Waals surface area contributed by atoms with Gasteiger partial charge in [-0.2, -0.15) is 0 Å². The van der Waals surface area contributed by atoms with E-state index in [2.05, 4.69) is 25.3 Å². The van der Waals surface area contributed by atoms with Crippen molar-refractivity contribution in [2.75, 3.05) is 25.0 Å². The lowest BCUT2D eigenvalue weighted by Gasteiger charge is -2.31. The summed E-state index contributed by atoms with van der Waals surface area (Å²) in [5.74, 6) is 1.73. The first-order chi connectivity index (χ1) is 11.7. The molecule has 1 saturated heterocycles. The SMILES string of the molecule is CCNc1ncc(C(=O)N2CCC(c3ccnc(C)n3)CC2)cn1. The Balaban J connectivity index is 1.60. The Hall–Kier alpha value is -2.57. The number of hydrogen-bond donors (Lipinski definition) is 1. The lowest BCUT2D eigenvalue weighted by atomic mass is 9.93. The van der Waals surface area contributed by atoms with Crippen molar-refractivity contribution in [1.29, 1.82) is 0 Å². The van der Waals surface area contributed by atoms with E-state index >= 15 is 0 Å². The Kier molecular flexibility index (Phi) is 4.98. The molecule has 0 aromatic carbocycles. The van der Waals surface area contributed by atoms with Crippen LogP contribution in [-0.4, -0.2) is 50.4 Å². The van der Waals surface area contributed by atoms with Gasteiger partial charge in [-0.1, -0.05) is 0 Å². The van der Waals surface area contributed by atoms with Gasteiger partial charge in [0.15, 0.2) is 0 Å². The zero-order valence-electron chi connectivity index (χ0n) is 14.1. The molecular formula is C17H22N6O. The third-order valence-electron chi connectivity index (χ3n) is 4.23. The van der Waals surface area contributed by atoms with Crippen LogP contribution in [0.1, 0.15) is 47.6 Å². The van der Waals surface area contributed by atoms with E-state index in [-0.39, 0.29) is 5.91 Å². The van der Waals surface area contributed by atoms with E-state index in [9.17, 15) is 4.79 Å². The Morgan fingerprint density at radius 3 is 2.58 bits per heavy atom. The molecule has 1 N–H and O–H groups in total. The number of likely N-dealkylation sites (tertiary alicyclic amines) is 1. The Morgan fingerprint density at radius 2 is 1.96 bits per heavy atom. The van der Waals surface area contributed by atoms with Gasteiger partial charge in [0, 0.05) is 49.8 Å². The van der Waals surface area contributed by atoms with Crippen molar-refractivity contribution in [2.45, 2.75) is 32.6 Å². The minimum atomic E-state index is -0.00429. The highest BCUT2D eigenvalue weighted by Gasteiger charge is 2.25. The molecular weight excluding hydrogens is 304 g/mol. The van der Waals surface area contributed by atoms with E-state index in [0.29, 0.717) is 17.4 Å². The van der Waals surface area contributed by atoms with Gasteiger partial charge in [-0.3, -0.25) is 4.79 Å². The molecule has 2 aromatic rings. The van der Waals surface area contributed by atoms with E-state index in [4.69, 9.17) is 0 Å². The maximum atomic E-state index is 12.6. The maximum Gasteiger partial charge on any atom is 0.256 e. The van der Waals surface area contributed by atoms with Gasteiger partial charge in [0.1, 0.15) is 5.82 Å². The number of nitrogens with one attached hydrogen (secondary N) is 1. The number of amides is 1. The second-order valence-electron chi connectivity index (χ2n) is 5.92. The summed E-state index contributed by atoms with van der Waals surface area (Å²) in [6, 6.07) is 1.97. The van der Waals surface area contributed by atoms with Crippen molar-refractivity contribution in [3.05, 3.63) is 41.7 Å². The molecule has 1 aliphatic heterocycles. The number of carbonyl (C=O) groups excluding carboxylic acids is 1. The van der Waals surface area contributed by atoms with Crippen LogP contribution in [0.5, 0.6) is 0 Å². The maximum absolute atomic E-state index is 12.6. The first kappa shape index (κ1) is 16.3. The summed E-state index contributed by atoms with van der Waals surface area (Å²) in [5, 5.41) is 3.02. The lowest BCUT2D eigenvalue weighted by molar-refractivity contribution is 0.0711. The summed E-state index contributed by atoms with van der Waals surface area (Å²) >= 11 is 0. The molecule has 0 bridgehead atoms. The van der Waals surface area contributed by atoms with Crippen LogP contribution in [0.15, 0.2) is 24.7 Å². The number of nitrogens with zero attached hydrogens (tertiary/aromatic N) is 5. The summed E-state index contributed by atoms with van der Waals surface area (Å²) in [7, 11) is 0. The molecule has 126 valence electrons. The molecule has 0 radical (unpaired) electrons. The quantitative estimate of drug-likeness (QED) is 0.925. The highest BCUT2D eigenvalue weighted by Crippen LogP contribution is 2.27. The summed E-state index contributed by atoms with van der Waals surface area (Å²) in [5.41, 5.74) is 1.61. The highest BCUT2D eigenvalue weighted by atomic mass is 16.2. The molecule has 0 saturated carbocycles. The van der Waals surface area contributed by atoms with Crippen molar-refractivity contribution in [3.8, 4) is 0 Å². The van der Waals surface area contributed by atoms with Crippen LogP contribution in [0, 0.1) is 6.92 Å². The molecule has 3 rings (SSSR count). The monoisotopic (exact) mass is 326 g/mol. The zero-order valence-corrected chi connectivity index (χ0v) is 14.1. The number of aromatic nitrogens is 4. The molecule has 3 heterocycles. The molecule has 0 spiro atoms. The van der Waals surface area contributed by atoms with Gasteiger partial charge in [-0.05, 0) is 32.8 Å². The normalized spacial score (nSPS) is 15.3. The van der Waals surface area contributed by atoms with E-state index < -0.39 is 0 Å². The third kappa shape index (κ3) is 3.67. The topological polar surface area (TPSA) is 83.9 Å². The van der Waals surface area contributed by atoms with Crippen molar-refractivity contribution < 1.29 is 4.79 Å². The summed E-state index contributed by atoms with van der Waals surface area (Å²) in [4.78, 5) is 31.4. The average molecular weight is 326 g/mol. The van der Waals surface area contributed by atoms with Gasteiger partial charge >= 0.3 is 0 Å². The Bertz CT molecular complexity index is 694. The average Bonchev–Trinajstić information content (AvgIpc) is 2.62. The van der Waals surface area contributed by atoms with E-state index in [1.54, 1.807) is 18.6 Å². The van der Waals surface area contributed by atoms with E-state index in [1.165, 1.54) is 0 Å². The van der Waals surface area contributed by atoms with Crippen molar-refractivity contribution in [2.24, 2.45) is 0 Å². The fraction of sp³-hybridized carbons (Fsp3) is 0.471. The minimum absolute atomic E-state index is 0.00429. The standard InChI is InChI=1S/C17H22N6O/c1-3-18-17-20-10-14(11-21-17)16(24)23-8-5-13(6-9-23)15-4-7-19-12(2)22-15/h4,7,10-11,13H,3,5-6,8-9H2,1-2H3,(H,18,20,21). The molecule has 7 nitrogen and oxygen atoms in total. The van der Waals surface area contributed by atoms with Gasteiger partial charge in [-0.25, -0.2) is 19.9 Å². The predicted molar refractivity (Wildman–Crippen MR) is 90.8 cm³/mol. The summed E-state index contributed by atoms with van der Waals surface area (Å²) in [6.07, 6.45) is 6.82. The minimum Gasteiger partial charge on any atom is -0.355 e. The van der Waals surface area contributed by atoms with E-state index in [0.717, 1.165) is 44.0 Å². The third-order valence-corrected chi connectivity index (χ3v) is 4.23. The van der Waals surface area contributed by atoms with Gasteiger partial charge in [0.05, 0.1) is 5.56 Å². The fourth-order valence-electron chi connectivity index (χ4n) is 2.95. The molecule has 1 aliphatic rings. The van der Waals surface area contributed by atoms with Gasteiger partial charge < -0.3 is 10.2 Å². The molecule has 0 atom stereocenters. The first-order valence-electron chi connectivity index (χ1n) is 8.32. The fourth-order valence-corrected chi connectivity index (χ4v) is 2.95. The number of carbonyl (C=O) groups is 1. The van der Waals surface area contributed by atoms with Crippen LogP contribution < -0.4 is 5.32 Å². The van der Waals surface area contributed by atoms with Crippen molar-refractivity contribution >= 4 is 11.9 Å². The molecule has 0 unspecified atom stereocenters. The molecule has 1 fully saturated rings. The second kappa shape index (κ2) is 7.33. The second-order valence-corrected chi connectivity index (χ2v) is 5.92. The van der Waals surface area contributed by atoms with E-state index in [1.807, 2.05) is 24.8 Å². The molecule has 0 aliphatic carbocycles. The highest BCUT2D eigenvalue weighted by molar-refractivity contribution is 5.93. The van der Waals surface area contributed by atoms with Crippen LogP contribution in [0.25, 0.3) is 0 Å². The van der Waals surface area contributed by atoms with Crippen LogP contribution in [0.4, 0.5) is 5.95 Å². The molecule has 7 heteroatoms. The number of anilines is 1. The molecule has 2 aromatic heterocycles. The van der Waals surface area contributed by atoms with Gasteiger partial charge in [0.25, 0.3) is 5.91 Å². The number of rotatable bonds is 4. The van der Waals surface area contributed by atoms with Gasteiger partial charge in [0.2, 0.25) is 5.95 Å². The van der Waals surface area contributed by atoms with Crippen LogP contribution in [0.3, 0.4) is 0 Å². The Labute approximate surface area is 141 Å². The number of aryl methyl sites for hydroxylation is 1. The zero-order chi connectivity index (χ0) is 16.9. The molecule has 1 amide bonds. The van der Waals surface area contributed by atoms with Crippen molar-refractivity contribution in [3.63, 3.8) is 0 Å². The number of piperidine rings is 1. The summed E-state index contributed by atoms with van der Waals surface area (Å²) in [6.45, 7) is 6.08. The van der Waals surface area contributed by atoms with Crippen LogP contribution >= 0.6 is 0 Å². The largest absolute Gasteiger partial charge is 0.355 e. The Morgan fingerprint density at radius 1 is 1.25 bits per heavy atom. The number of hydrogen-bond acceptors (Lipinski definition) is 6.